The van der Waals surface area contributed by atoms with E-state index in [4.69, 9.17) is 11.6 Å². The predicted molar refractivity (Wildman–Crippen MR) is 131 cm³/mol. The second kappa shape index (κ2) is 10.5. The predicted octanol–water partition coefficient (Wildman–Crippen LogP) is 4.24. The minimum atomic E-state index is -3.76. The number of nitrogens with one attached hydrogen (secondary N) is 2. The van der Waals surface area contributed by atoms with Crippen LogP contribution in [0.1, 0.15) is 28.9 Å². The zero-order chi connectivity index (χ0) is 24.0. The molecule has 172 valence electrons. The molecule has 0 aromatic heterocycles. The number of sulfonamides is 1. The van der Waals surface area contributed by atoms with Crippen LogP contribution in [0.2, 0.25) is 5.02 Å². The zero-order valence-corrected chi connectivity index (χ0v) is 19.7. The molecule has 3 aromatic carbocycles. The summed E-state index contributed by atoms with van der Waals surface area (Å²) in [5.74, 6) is -0.964. The van der Waals surface area contributed by atoms with Crippen LogP contribution in [0.4, 0.5) is 11.4 Å². The second-order valence-corrected chi connectivity index (χ2v) is 9.79. The van der Waals surface area contributed by atoms with Gasteiger partial charge in [-0.1, -0.05) is 60.1 Å². The Balaban J connectivity index is 1.77. The summed E-state index contributed by atoms with van der Waals surface area (Å²) in [6, 6.07) is 22.0. The van der Waals surface area contributed by atoms with Gasteiger partial charge in [-0.3, -0.25) is 13.9 Å². The number of hydrogen-bond acceptors (Lipinski definition) is 4. The van der Waals surface area contributed by atoms with Gasteiger partial charge in [0, 0.05) is 5.02 Å². The Hall–Kier alpha value is -3.36. The number of carbonyl (C=O) groups excluding carboxylic acids is 2. The fourth-order valence-electron chi connectivity index (χ4n) is 3.24. The van der Waals surface area contributed by atoms with Crippen LogP contribution in [0.3, 0.4) is 0 Å². The van der Waals surface area contributed by atoms with Gasteiger partial charge >= 0.3 is 0 Å². The molecule has 0 aliphatic carbocycles. The Kier molecular flexibility index (Phi) is 7.73. The second-order valence-electron chi connectivity index (χ2n) is 7.45. The molecule has 0 fully saturated rings. The van der Waals surface area contributed by atoms with E-state index in [9.17, 15) is 18.0 Å². The van der Waals surface area contributed by atoms with Crippen molar-refractivity contribution in [2.24, 2.45) is 0 Å². The van der Waals surface area contributed by atoms with Gasteiger partial charge in [-0.25, -0.2) is 8.42 Å². The molecular formula is C24H24ClN3O4S. The first-order valence-corrected chi connectivity index (χ1v) is 12.4. The fourth-order valence-corrected chi connectivity index (χ4v) is 4.27. The van der Waals surface area contributed by atoms with Crippen LogP contribution in [-0.2, 0) is 14.8 Å². The molecule has 0 bridgehead atoms. The number of benzene rings is 3. The summed E-state index contributed by atoms with van der Waals surface area (Å²) >= 11 is 5.98. The molecule has 0 aliphatic heterocycles. The number of halogens is 1. The number of anilines is 2. The van der Waals surface area contributed by atoms with E-state index in [2.05, 4.69) is 10.6 Å². The van der Waals surface area contributed by atoms with E-state index in [0.717, 1.165) is 16.1 Å². The molecule has 0 heterocycles. The average molecular weight is 486 g/mol. The number of amides is 2. The van der Waals surface area contributed by atoms with Crippen LogP contribution in [-0.4, -0.2) is 33.0 Å². The maximum Gasteiger partial charge on any atom is 0.253 e. The van der Waals surface area contributed by atoms with Gasteiger partial charge < -0.3 is 10.6 Å². The van der Waals surface area contributed by atoms with Gasteiger partial charge in [0.15, 0.2) is 0 Å². The topological polar surface area (TPSA) is 95.6 Å². The lowest BCUT2D eigenvalue weighted by Gasteiger charge is -2.22. The molecule has 1 atom stereocenters. The Morgan fingerprint density at radius 1 is 0.970 bits per heavy atom. The minimum Gasteiger partial charge on any atom is -0.345 e. The Morgan fingerprint density at radius 2 is 1.64 bits per heavy atom. The Morgan fingerprint density at radius 3 is 2.30 bits per heavy atom. The molecule has 0 radical (unpaired) electrons. The van der Waals surface area contributed by atoms with Crippen molar-refractivity contribution in [2.45, 2.75) is 13.0 Å². The summed E-state index contributed by atoms with van der Waals surface area (Å²) in [5, 5.41) is 5.91. The number of carbonyl (C=O) groups is 2. The number of hydrogen-bond donors (Lipinski definition) is 2. The molecule has 0 unspecified atom stereocenters. The number of para-hydroxylation sites is 1. The molecule has 3 aromatic rings. The lowest BCUT2D eigenvalue weighted by Crippen LogP contribution is -2.37. The highest BCUT2D eigenvalue weighted by atomic mass is 35.5. The smallest absolute Gasteiger partial charge is 0.253 e. The van der Waals surface area contributed by atoms with Crippen molar-refractivity contribution in [1.29, 1.82) is 0 Å². The Bertz CT molecular complexity index is 1250. The number of nitrogens with zero attached hydrogens (tertiary/aromatic N) is 1. The largest absolute Gasteiger partial charge is 0.345 e. The van der Waals surface area contributed by atoms with Crippen LogP contribution < -0.4 is 14.9 Å². The van der Waals surface area contributed by atoms with Gasteiger partial charge in [-0.2, -0.15) is 0 Å². The van der Waals surface area contributed by atoms with E-state index in [1.807, 2.05) is 37.3 Å². The van der Waals surface area contributed by atoms with Crippen molar-refractivity contribution in [3.63, 3.8) is 0 Å². The molecule has 2 N–H and O–H groups in total. The highest BCUT2D eigenvalue weighted by molar-refractivity contribution is 7.92. The van der Waals surface area contributed by atoms with E-state index >= 15 is 0 Å². The molecule has 0 spiro atoms. The molecule has 9 heteroatoms. The van der Waals surface area contributed by atoms with E-state index < -0.39 is 22.5 Å². The third-order valence-electron chi connectivity index (χ3n) is 4.88. The van der Waals surface area contributed by atoms with Crippen molar-refractivity contribution >= 4 is 44.8 Å². The van der Waals surface area contributed by atoms with Gasteiger partial charge in [-0.05, 0) is 42.8 Å². The third kappa shape index (κ3) is 6.57. The lowest BCUT2D eigenvalue weighted by molar-refractivity contribution is -0.114. The molecule has 2 amide bonds. The minimum absolute atomic E-state index is 0.244. The van der Waals surface area contributed by atoms with Crippen molar-refractivity contribution in [1.82, 2.24) is 5.32 Å². The quantitative estimate of drug-likeness (QED) is 0.499. The highest BCUT2D eigenvalue weighted by Crippen LogP contribution is 2.22. The van der Waals surface area contributed by atoms with Crippen LogP contribution in [0.25, 0.3) is 0 Å². The van der Waals surface area contributed by atoms with E-state index in [0.29, 0.717) is 5.02 Å². The maximum absolute atomic E-state index is 12.9. The van der Waals surface area contributed by atoms with Gasteiger partial charge in [0.05, 0.1) is 29.2 Å². The van der Waals surface area contributed by atoms with E-state index in [1.54, 1.807) is 42.5 Å². The van der Waals surface area contributed by atoms with Gasteiger partial charge in [0.1, 0.15) is 6.54 Å². The standard InChI is InChI=1S/C24H24ClN3O4S/c1-17(18-9-4-3-5-10-18)26-24(30)21-13-6-7-14-22(21)27-23(29)16-28(33(2,31)32)20-12-8-11-19(25)15-20/h3-15,17H,16H2,1-2H3,(H,26,30)(H,27,29)/t17-/m0/s1. The van der Waals surface area contributed by atoms with Crippen molar-refractivity contribution in [3.8, 4) is 0 Å². The first-order valence-electron chi connectivity index (χ1n) is 10.1. The highest BCUT2D eigenvalue weighted by Gasteiger charge is 2.22. The summed E-state index contributed by atoms with van der Waals surface area (Å²) in [5.41, 5.74) is 1.75. The summed E-state index contributed by atoms with van der Waals surface area (Å²) in [6.07, 6.45) is 1.01. The number of rotatable bonds is 8. The molecule has 3 rings (SSSR count). The van der Waals surface area contributed by atoms with Crippen LogP contribution >= 0.6 is 11.6 Å². The molecule has 33 heavy (non-hydrogen) atoms. The lowest BCUT2D eigenvalue weighted by atomic mass is 10.1. The monoisotopic (exact) mass is 485 g/mol. The molecule has 0 saturated heterocycles. The van der Waals surface area contributed by atoms with Crippen LogP contribution in [0.5, 0.6) is 0 Å². The normalized spacial score (nSPS) is 12.0. The summed E-state index contributed by atoms with van der Waals surface area (Å²) in [7, 11) is -3.76. The average Bonchev–Trinajstić information content (AvgIpc) is 2.77. The SMILES string of the molecule is C[C@H](NC(=O)c1ccccc1NC(=O)CN(c1cccc(Cl)c1)S(C)(=O)=O)c1ccccc1. The molecule has 7 nitrogen and oxygen atoms in total. The van der Waals surface area contributed by atoms with E-state index in [-0.39, 0.29) is 28.9 Å². The van der Waals surface area contributed by atoms with Crippen molar-refractivity contribution in [3.05, 3.63) is 95.0 Å². The molecule has 0 saturated carbocycles. The van der Waals surface area contributed by atoms with Crippen molar-refractivity contribution in [2.75, 3.05) is 22.4 Å². The van der Waals surface area contributed by atoms with E-state index in [1.165, 1.54) is 6.07 Å². The molecular weight excluding hydrogens is 462 g/mol. The zero-order valence-electron chi connectivity index (χ0n) is 18.2. The van der Waals surface area contributed by atoms with Crippen molar-refractivity contribution < 1.29 is 18.0 Å². The summed E-state index contributed by atoms with van der Waals surface area (Å²) in [4.78, 5) is 25.7. The fraction of sp³-hybridized carbons (Fsp3) is 0.167. The van der Waals surface area contributed by atoms with Gasteiger partial charge in [-0.15, -0.1) is 0 Å². The first kappa shape index (κ1) is 24.3. The van der Waals surface area contributed by atoms with Gasteiger partial charge in [0.25, 0.3) is 5.91 Å². The summed E-state index contributed by atoms with van der Waals surface area (Å²) < 4.78 is 25.6. The maximum atomic E-state index is 12.9. The molecule has 0 aliphatic rings. The first-order chi connectivity index (χ1) is 15.6. The third-order valence-corrected chi connectivity index (χ3v) is 6.25. The van der Waals surface area contributed by atoms with Gasteiger partial charge in [0.2, 0.25) is 15.9 Å². The Labute approximate surface area is 198 Å². The van der Waals surface area contributed by atoms with Crippen LogP contribution in [0, 0.1) is 0 Å². The summed E-state index contributed by atoms with van der Waals surface area (Å²) in [6.45, 7) is 1.39. The van der Waals surface area contributed by atoms with Crippen LogP contribution in [0.15, 0.2) is 78.9 Å².